The summed E-state index contributed by atoms with van der Waals surface area (Å²) < 4.78 is 10.9. The number of benzene rings is 1. The molecule has 2 saturated heterocycles. The second-order valence-corrected chi connectivity index (χ2v) is 7.28. The molecular formula is C21H31N3O4. The molecule has 2 amide bonds. The minimum absolute atomic E-state index is 0.0203. The lowest BCUT2D eigenvalue weighted by atomic mass is 9.92. The second-order valence-electron chi connectivity index (χ2n) is 7.28. The van der Waals surface area contributed by atoms with E-state index in [1.165, 1.54) is 0 Å². The molecule has 1 aromatic rings. The van der Waals surface area contributed by atoms with Gasteiger partial charge < -0.3 is 19.7 Å². The van der Waals surface area contributed by atoms with Crippen LogP contribution in [0.15, 0.2) is 24.3 Å². The lowest BCUT2D eigenvalue weighted by Gasteiger charge is -2.29. The van der Waals surface area contributed by atoms with Crippen LogP contribution >= 0.6 is 0 Å². The van der Waals surface area contributed by atoms with Crippen LogP contribution in [0.2, 0.25) is 0 Å². The average Bonchev–Trinajstić information content (AvgIpc) is 3.07. The second kappa shape index (κ2) is 9.89. The van der Waals surface area contributed by atoms with Crippen LogP contribution in [0.3, 0.4) is 0 Å². The summed E-state index contributed by atoms with van der Waals surface area (Å²) in [6, 6.07) is 7.36. The summed E-state index contributed by atoms with van der Waals surface area (Å²) in [5.74, 6) is 0.284. The van der Waals surface area contributed by atoms with Crippen molar-refractivity contribution in [3.8, 4) is 5.75 Å². The minimum Gasteiger partial charge on any atom is -0.496 e. The van der Waals surface area contributed by atoms with Crippen LogP contribution < -0.4 is 10.1 Å². The van der Waals surface area contributed by atoms with E-state index in [4.69, 9.17) is 9.47 Å². The first-order chi connectivity index (χ1) is 13.7. The van der Waals surface area contributed by atoms with E-state index in [0.717, 1.165) is 44.8 Å². The molecule has 2 atom stereocenters. The van der Waals surface area contributed by atoms with Crippen molar-refractivity contribution in [3.63, 3.8) is 0 Å². The zero-order chi connectivity index (χ0) is 19.9. The van der Waals surface area contributed by atoms with Gasteiger partial charge in [0, 0.05) is 38.2 Å². The highest BCUT2D eigenvalue weighted by Gasteiger charge is 2.44. The molecule has 0 saturated carbocycles. The van der Waals surface area contributed by atoms with Crippen molar-refractivity contribution in [2.75, 3.05) is 53.0 Å². The quantitative estimate of drug-likeness (QED) is 0.682. The number of morpholine rings is 1. The number of nitrogens with one attached hydrogen (secondary N) is 1. The highest BCUT2D eigenvalue weighted by Crippen LogP contribution is 2.41. The molecule has 154 valence electrons. The zero-order valence-electron chi connectivity index (χ0n) is 16.9. The van der Waals surface area contributed by atoms with E-state index < -0.39 is 5.92 Å². The number of para-hydroxylation sites is 1. The summed E-state index contributed by atoms with van der Waals surface area (Å²) >= 11 is 0. The van der Waals surface area contributed by atoms with Gasteiger partial charge in [-0.25, -0.2) is 0 Å². The van der Waals surface area contributed by atoms with Crippen LogP contribution in [0.25, 0.3) is 0 Å². The third kappa shape index (κ3) is 4.64. The molecule has 2 aliphatic heterocycles. The molecule has 0 aliphatic carbocycles. The molecule has 7 nitrogen and oxygen atoms in total. The van der Waals surface area contributed by atoms with E-state index in [0.29, 0.717) is 18.8 Å². The fourth-order valence-corrected chi connectivity index (χ4v) is 4.16. The van der Waals surface area contributed by atoms with Gasteiger partial charge in [0.2, 0.25) is 11.8 Å². The van der Waals surface area contributed by atoms with Crippen LogP contribution in [0, 0.1) is 5.92 Å². The Hall–Kier alpha value is -2.12. The number of carbonyl (C=O) groups excluding carboxylic acids is 2. The van der Waals surface area contributed by atoms with Crippen LogP contribution in [0.1, 0.15) is 31.4 Å². The number of ether oxygens (including phenoxy) is 2. The molecule has 7 heteroatoms. The fraction of sp³-hybridized carbons (Fsp3) is 0.619. The Morgan fingerprint density at radius 3 is 2.75 bits per heavy atom. The highest BCUT2D eigenvalue weighted by atomic mass is 16.5. The van der Waals surface area contributed by atoms with Crippen LogP contribution in [-0.4, -0.2) is 74.7 Å². The largest absolute Gasteiger partial charge is 0.496 e. The van der Waals surface area contributed by atoms with E-state index in [1.807, 2.05) is 31.2 Å². The molecule has 28 heavy (non-hydrogen) atoms. The molecular weight excluding hydrogens is 358 g/mol. The monoisotopic (exact) mass is 389 g/mol. The summed E-state index contributed by atoms with van der Waals surface area (Å²) in [5, 5.41) is 3.05. The first kappa shape index (κ1) is 20.6. The molecule has 1 N–H and O–H groups in total. The number of methoxy groups -OCH3 is 1. The molecule has 3 rings (SSSR count). The van der Waals surface area contributed by atoms with E-state index >= 15 is 0 Å². The Labute approximate surface area is 167 Å². The Bertz CT molecular complexity index is 675. The van der Waals surface area contributed by atoms with Crippen LogP contribution in [0.5, 0.6) is 5.75 Å². The van der Waals surface area contributed by atoms with Crippen LogP contribution in [-0.2, 0) is 14.3 Å². The van der Waals surface area contributed by atoms with Gasteiger partial charge in [0.25, 0.3) is 0 Å². The predicted molar refractivity (Wildman–Crippen MR) is 106 cm³/mol. The van der Waals surface area contributed by atoms with Gasteiger partial charge in [-0.15, -0.1) is 0 Å². The molecule has 0 bridgehead atoms. The lowest BCUT2D eigenvalue weighted by molar-refractivity contribution is -0.129. The summed E-state index contributed by atoms with van der Waals surface area (Å²) in [4.78, 5) is 29.6. The summed E-state index contributed by atoms with van der Waals surface area (Å²) in [7, 11) is 1.62. The van der Waals surface area contributed by atoms with Crippen molar-refractivity contribution >= 4 is 11.8 Å². The minimum atomic E-state index is -0.396. The normalized spacial score (nSPS) is 23.1. The van der Waals surface area contributed by atoms with Crippen molar-refractivity contribution in [2.45, 2.75) is 25.8 Å². The number of likely N-dealkylation sites (tertiary alicyclic amines) is 1. The SMILES string of the molecule is CCN1C(=O)C[C@@H](C(=O)NCCCN2CCOCC2)[C@@H]1c1ccccc1OC. The molecule has 2 fully saturated rings. The van der Waals surface area contributed by atoms with E-state index in [9.17, 15) is 9.59 Å². The molecule has 1 aromatic carbocycles. The molecule has 0 spiro atoms. The number of nitrogens with zero attached hydrogens (tertiary/aromatic N) is 2. The van der Waals surface area contributed by atoms with Gasteiger partial charge in [0.1, 0.15) is 5.75 Å². The van der Waals surface area contributed by atoms with Gasteiger partial charge in [-0.1, -0.05) is 18.2 Å². The summed E-state index contributed by atoms with van der Waals surface area (Å²) in [6.45, 7) is 7.55. The Morgan fingerprint density at radius 1 is 1.29 bits per heavy atom. The number of hydrogen-bond acceptors (Lipinski definition) is 5. The third-order valence-corrected chi connectivity index (χ3v) is 5.62. The topological polar surface area (TPSA) is 71.1 Å². The smallest absolute Gasteiger partial charge is 0.226 e. The average molecular weight is 389 g/mol. The molecule has 0 radical (unpaired) electrons. The zero-order valence-corrected chi connectivity index (χ0v) is 16.9. The van der Waals surface area contributed by atoms with Gasteiger partial charge in [0.15, 0.2) is 0 Å². The molecule has 0 aromatic heterocycles. The first-order valence-corrected chi connectivity index (χ1v) is 10.2. The maximum atomic E-state index is 12.9. The maximum Gasteiger partial charge on any atom is 0.226 e. The van der Waals surface area contributed by atoms with Crippen molar-refractivity contribution in [2.24, 2.45) is 5.92 Å². The number of rotatable bonds is 8. The Kier molecular flexibility index (Phi) is 7.28. The molecule has 2 aliphatic rings. The van der Waals surface area contributed by atoms with Gasteiger partial charge in [-0.2, -0.15) is 0 Å². The van der Waals surface area contributed by atoms with Crippen molar-refractivity contribution in [1.82, 2.24) is 15.1 Å². The highest BCUT2D eigenvalue weighted by molar-refractivity contribution is 5.90. The van der Waals surface area contributed by atoms with Gasteiger partial charge in [0.05, 0.1) is 32.3 Å². The standard InChI is InChI=1S/C21H31N3O4/c1-3-24-19(25)15-17(20(24)16-7-4-5-8-18(16)27-2)21(26)22-9-6-10-23-11-13-28-14-12-23/h4-5,7-8,17,20H,3,6,9-15H2,1-2H3,(H,22,26)/t17-,20+/m1/s1. The summed E-state index contributed by atoms with van der Waals surface area (Å²) in [6.07, 6.45) is 1.13. The number of amides is 2. The lowest BCUT2D eigenvalue weighted by Crippen LogP contribution is -2.39. The Morgan fingerprint density at radius 2 is 2.04 bits per heavy atom. The van der Waals surface area contributed by atoms with E-state index in [2.05, 4.69) is 10.2 Å². The van der Waals surface area contributed by atoms with E-state index in [1.54, 1.807) is 12.0 Å². The van der Waals surface area contributed by atoms with Crippen molar-refractivity contribution in [1.29, 1.82) is 0 Å². The number of carbonyl (C=O) groups is 2. The van der Waals surface area contributed by atoms with Crippen molar-refractivity contribution in [3.05, 3.63) is 29.8 Å². The maximum absolute atomic E-state index is 12.9. The first-order valence-electron chi connectivity index (χ1n) is 10.2. The van der Waals surface area contributed by atoms with Gasteiger partial charge in [-0.05, 0) is 26.0 Å². The third-order valence-electron chi connectivity index (χ3n) is 5.62. The van der Waals surface area contributed by atoms with Crippen LogP contribution in [0.4, 0.5) is 0 Å². The fourth-order valence-electron chi connectivity index (χ4n) is 4.16. The summed E-state index contributed by atoms with van der Waals surface area (Å²) in [5.41, 5.74) is 0.895. The molecule has 2 heterocycles. The van der Waals surface area contributed by atoms with Gasteiger partial charge in [-0.3, -0.25) is 14.5 Å². The molecule has 0 unspecified atom stereocenters. The predicted octanol–water partition coefficient (Wildman–Crippen LogP) is 1.44. The van der Waals surface area contributed by atoms with Crippen molar-refractivity contribution < 1.29 is 19.1 Å². The Balaban J connectivity index is 1.63. The number of hydrogen-bond donors (Lipinski definition) is 1. The van der Waals surface area contributed by atoms with E-state index in [-0.39, 0.29) is 24.3 Å². The van der Waals surface area contributed by atoms with Gasteiger partial charge >= 0.3 is 0 Å².